The highest BCUT2D eigenvalue weighted by atomic mass is 16.1. The Morgan fingerprint density at radius 3 is 2.56 bits per heavy atom. The predicted octanol–water partition coefficient (Wildman–Crippen LogP) is 4.13. The number of unbranched alkanes of at least 4 members (excludes halogenated alkanes) is 4. The highest BCUT2D eigenvalue weighted by molar-refractivity contribution is 5.99. The summed E-state index contributed by atoms with van der Waals surface area (Å²) >= 11 is 0. The molecule has 0 rings (SSSR count). The number of carbonyl (C=O) groups excluding carboxylic acids is 1. The maximum atomic E-state index is 11.7. The molecule has 0 N–H and O–H groups in total. The number of Topliss-reactive ketones (excluding diaryl/α,β-unsaturated/α-hetero) is 1. The third-order valence-electron chi connectivity index (χ3n) is 2.63. The van der Waals surface area contributed by atoms with Crippen molar-refractivity contribution in [3.63, 3.8) is 0 Å². The van der Waals surface area contributed by atoms with E-state index >= 15 is 0 Å². The first-order chi connectivity index (χ1) is 7.54. The SMILES string of the molecule is C=CCC(C)(C)C(=O)C#CCCCCCC. The van der Waals surface area contributed by atoms with Gasteiger partial charge in [-0.05, 0) is 18.8 Å². The zero-order valence-corrected chi connectivity index (χ0v) is 10.9. The van der Waals surface area contributed by atoms with Gasteiger partial charge in [-0.1, -0.05) is 52.0 Å². The molecule has 0 fully saturated rings. The van der Waals surface area contributed by atoms with E-state index in [1.165, 1.54) is 19.3 Å². The smallest absolute Gasteiger partial charge is 0.211 e. The van der Waals surface area contributed by atoms with Gasteiger partial charge in [0.25, 0.3) is 0 Å². The molecule has 0 bridgehead atoms. The number of hydrogen-bond acceptors (Lipinski definition) is 1. The van der Waals surface area contributed by atoms with Gasteiger partial charge in [-0.2, -0.15) is 0 Å². The first-order valence-electron chi connectivity index (χ1n) is 6.18. The lowest BCUT2D eigenvalue weighted by Gasteiger charge is -2.16. The molecule has 16 heavy (non-hydrogen) atoms. The van der Waals surface area contributed by atoms with E-state index in [1.807, 2.05) is 13.8 Å². The van der Waals surface area contributed by atoms with Crippen molar-refractivity contribution in [2.24, 2.45) is 5.41 Å². The molecule has 0 heterocycles. The minimum absolute atomic E-state index is 0.0305. The van der Waals surface area contributed by atoms with Crippen LogP contribution in [0.25, 0.3) is 0 Å². The summed E-state index contributed by atoms with van der Waals surface area (Å²) in [5.41, 5.74) is -0.377. The molecule has 1 nitrogen and oxygen atoms in total. The van der Waals surface area contributed by atoms with Crippen LogP contribution < -0.4 is 0 Å². The number of hydrogen-bond donors (Lipinski definition) is 0. The summed E-state index contributed by atoms with van der Waals surface area (Å²) < 4.78 is 0. The van der Waals surface area contributed by atoms with Crippen LogP contribution in [0.1, 0.15) is 59.3 Å². The molecule has 0 unspecified atom stereocenters. The summed E-state index contributed by atoms with van der Waals surface area (Å²) in [4.78, 5) is 11.7. The second-order valence-corrected chi connectivity index (χ2v) is 4.82. The summed E-state index contributed by atoms with van der Waals surface area (Å²) in [5, 5.41) is 0. The maximum absolute atomic E-state index is 11.7. The van der Waals surface area contributed by atoms with E-state index in [2.05, 4.69) is 25.3 Å². The van der Waals surface area contributed by atoms with Gasteiger partial charge in [0.15, 0.2) is 0 Å². The molecule has 0 saturated carbocycles. The van der Waals surface area contributed by atoms with Crippen molar-refractivity contribution in [3.8, 4) is 11.8 Å². The molecule has 0 radical (unpaired) electrons. The molecule has 0 saturated heterocycles. The van der Waals surface area contributed by atoms with Crippen LogP contribution >= 0.6 is 0 Å². The number of rotatable bonds is 7. The van der Waals surface area contributed by atoms with Gasteiger partial charge in [0.05, 0.1) is 0 Å². The van der Waals surface area contributed by atoms with Gasteiger partial charge in [-0.25, -0.2) is 0 Å². The van der Waals surface area contributed by atoms with Gasteiger partial charge >= 0.3 is 0 Å². The van der Waals surface area contributed by atoms with Crippen LogP contribution in [0.4, 0.5) is 0 Å². The Balaban J connectivity index is 3.94. The van der Waals surface area contributed by atoms with E-state index in [0.29, 0.717) is 6.42 Å². The zero-order chi connectivity index (χ0) is 12.4. The molecule has 0 amide bonds. The van der Waals surface area contributed by atoms with Crippen LogP contribution in [-0.4, -0.2) is 5.78 Å². The zero-order valence-electron chi connectivity index (χ0n) is 10.9. The van der Waals surface area contributed by atoms with E-state index in [4.69, 9.17) is 0 Å². The molecule has 1 heteroatoms. The van der Waals surface area contributed by atoms with E-state index in [-0.39, 0.29) is 11.2 Å². The summed E-state index contributed by atoms with van der Waals surface area (Å²) in [5.74, 6) is 5.75. The fourth-order valence-electron chi connectivity index (χ4n) is 1.41. The van der Waals surface area contributed by atoms with Crippen LogP contribution in [0.2, 0.25) is 0 Å². The van der Waals surface area contributed by atoms with Crippen molar-refractivity contribution < 1.29 is 4.79 Å². The van der Waals surface area contributed by atoms with Crippen LogP contribution in [0.15, 0.2) is 12.7 Å². The first-order valence-corrected chi connectivity index (χ1v) is 6.18. The van der Waals surface area contributed by atoms with Crippen molar-refractivity contribution >= 4 is 5.78 Å². The third-order valence-corrected chi connectivity index (χ3v) is 2.63. The molecule has 0 atom stereocenters. The standard InChI is InChI=1S/C15H24O/c1-5-7-8-9-10-11-12-14(16)15(3,4)13-6-2/h6H,2,5,7-10,13H2,1,3-4H3. The van der Waals surface area contributed by atoms with Crippen LogP contribution in [-0.2, 0) is 4.79 Å². The van der Waals surface area contributed by atoms with Gasteiger partial charge < -0.3 is 0 Å². The summed E-state index contributed by atoms with van der Waals surface area (Å²) in [7, 11) is 0. The van der Waals surface area contributed by atoms with Gasteiger partial charge in [-0.15, -0.1) is 6.58 Å². The minimum atomic E-state index is -0.377. The molecule has 0 aromatic carbocycles. The predicted molar refractivity (Wildman–Crippen MR) is 70.1 cm³/mol. The summed E-state index contributed by atoms with van der Waals surface area (Å²) in [6.45, 7) is 9.68. The fraction of sp³-hybridized carbons (Fsp3) is 0.667. The van der Waals surface area contributed by atoms with Crippen LogP contribution in [0, 0.1) is 17.3 Å². The number of ketones is 1. The normalized spacial score (nSPS) is 10.4. The Hall–Kier alpha value is -1.03. The van der Waals surface area contributed by atoms with Crippen molar-refractivity contribution in [2.75, 3.05) is 0 Å². The maximum Gasteiger partial charge on any atom is 0.211 e. The quantitative estimate of drug-likeness (QED) is 0.273. The lowest BCUT2D eigenvalue weighted by atomic mass is 9.85. The Kier molecular flexibility index (Phi) is 7.64. The van der Waals surface area contributed by atoms with Crippen LogP contribution in [0.5, 0.6) is 0 Å². The van der Waals surface area contributed by atoms with Crippen molar-refractivity contribution in [3.05, 3.63) is 12.7 Å². The molecule has 0 aromatic heterocycles. The Morgan fingerprint density at radius 1 is 1.31 bits per heavy atom. The lowest BCUT2D eigenvalue weighted by Crippen LogP contribution is -2.21. The minimum Gasteiger partial charge on any atom is -0.284 e. The second-order valence-electron chi connectivity index (χ2n) is 4.82. The van der Waals surface area contributed by atoms with Gasteiger partial charge in [0.1, 0.15) is 0 Å². The van der Waals surface area contributed by atoms with Gasteiger partial charge in [-0.3, -0.25) is 4.79 Å². The van der Waals surface area contributed by atoms with Gasteiger partial charge in [0, 0.05) is 11.8 Å². The lowest BCUT2D eigenvalue weighted by molar-refractivity contribution is -0.121. The Bertz CT molecular complexity index is 276. The summed E-state index contributed by atoms with van der Waals surface area (Å²) in [6, 6.07) is 0. The van der Waals surface area contributed by atoms with E-state index in [9.17, 15) is 4.79 Å². The van der Waals surface area contributed by atoms with Gasteiger partial charge in [0.2, 0.25) is 5.78 Å². The van der Waals surface area contributed by atoms with Crippen LogP contribution in [0.3, 0.4) is 0 Å². The molecule has 0 aliphatic carbocycles. The highest BCUT2D eigenvalue weighted by Gasteiger charge is 2.23. The average Bonchev–Trinajstić information content (AvgIpc) is 2.22. The van der Waals surface area contributed by atoms with E-state index in [0.717, 1.165) is 12.8 Å². The molecule has 90 valence electrons. The monoisotopic (exact) mass is 220 g/mol. The summed E-state index contributed by atoms with van der Waals surface area (Å²) in [6.07, 6.45) is 8.13. The molecular weight excluding hydrogens is 196 g/mol. The fourth-order valence-corrected chi connectivity index (χ4v) is 1.41. The Morgan fingerprint density at radius 2 is 2.00 bits per heavy atom. The largest absolute Gasteiger partial charge is 0.284 e. The number of carbonyl (C=O) groups is 1. The van der Waals surface area contributed by atoms with Crippen molar-refractivity contribution in [2.45, 2.75) is 59.3 Å². The van der Waals surface area contributed by atoms with Crippen molar-refractivity contribution in [1.82, 2.24) is 0 Å². The topological polar surface area (TPSA) is 17.1 Å². The number of allylic oxidation sites excluding steroid dienone is 1. The first kappa shape index (κ1) is 15.0. The molecule has 0 aromatic rings. The molecule has 0 aliphatic rings. The molecule has 0 spiro atoms. The highest BCUT2D eigenvalue weighted by Crippen LogP contribution is 2.21. The average molecular weight is 220 g/mol. The van der Waals surface area contributed by atoms with Crippen molar-refractivity contribution in [1.29, 1.82) is 0 Å². The molecular formula is C15H24O. The molecule has 0 aliphatic heterocycles. The third kappa shape index (κ3) is 6.45. The van der Waals surface area contributed by atoms with E-state index in [1.54, 1.807) is 6.08 Å². The van der Waals surface area contributed by atoms with E-state index < -0.39 is 0 Å². The second kappa shape index (κ2) is 8.16. The Labute approximate surface area is 100 Å².